The second-order valence-electron chi connectivity index (χ2n) is 4.62. The van der Waals surface area contributed by atoms with Crippen molar-refractivity contribution in [2.45, 2.75) is 13.0 Å². The highest BCUT2D eigenvalue weighted by Crippen LogP contribution is 2.21. The summed E-state index contributed by atoms with van der Waals surface area (Å²) in [7, 11) is 0. The lowest BCUT2D eigenvalue weighted by molar-refractivity contribution is -0.387. The van der Waals surface area contributed by atoms with Crippen molar-refractivity contribution in [2.75, 3.05) is 19.7 Å². The molecule has 1 aromatic carbocycles. The van der Waals surface area contributed by atoms with Crippen molar-refractivity contribution in [3.05, 3.63) is 39.7 Å². The van der Waals surface area contributed by atoms with Crippen LogP contribution in [0.1, 0.15) is 12.0 Å². The fourth-order valence-corrected chi connectivity index (χ4v) is 2.26. The van der Waals surface area contributed by atoms with Gasteiger partial charge in [-0.25, -0.2) is 0 Å². The molecule has 0 aliphatic carbocycles. The molecule has 0 saturated carbocycles. The molecule has 1 unspecified atom stereocenters. The lowest BCUT2D eigenvalue weighted by atomic mass is 10.1. The van der Waals surface area contributed by atoms with Gasteiger partial charge in [0, 0.05) is 25.8 Å². The van der Waals surface area contributed by atoms with Gasteiger partial charge in [-0.2, -0.15) is 4.39 Å². The van der Waals surface area contributed by atoms with E-state index in [1.807, 2.05) is 0 Å². The third-order valence-corrected chi connectivity index (χ3v) is 3.24. The second-order valence-corrected chi connectivity index (χ2v) is 4.62. The Morgan fingerprint density at radius 1 is 1.56 bits per heavy atom. The summed E-state index contributed by atoms with van der Waals surface area (Å²) in [6, 6.07) is 3.99. The number of aliphatic hydroxyl groups excluding tert-OH is 1. The molecule has 5 nitrogen and oxygen atoms in total. The normalized spacial score (nSPS) is 20.2. The summed E-state index contributed by atoms with van der Waals surface area (Å²) >= 11 is 0. The van der Waals surface area contributed by atoms with Crippen LogP contribution in [0.5, 0.6) is 0 Å². The van der Waals surface area contributed by atoms with Crippen molar-refractivity contribution in [2.24, 2.45) is 5.92 Å². The van der Waals surface area contributed by atoms with Crippen LogP contribution in [-0.2, 0) is 6.54 Å². The smallest absolute Gasteiger partial charge is 0.304 e. The average molecular weight is 254 g/mol. The van der Waals surface area contributed by atoms with Gasteiger partial charge in [-0.1, -0.05) is 6.07 Å². The number of hydrogen-bond acceptors (Lipinski definition) is 4. The summed E-state index contributed by atoms with van der Waals surface area (Å²) in [5.74, 6) is -0.511. The lowest BCUT2D eigenvalue weighted by Crippen LogP contribution is -2.21. The Kier molecular flexibility index (Phi) is 3.88. The predicted molar refractivity (Wildman–Crippen MR) is 63.5 cm³/mol. The largest absolute Gasteiger partial charge is 0.396 e. The van der Waals surface area contributed by atoms with Crippen LogP contribution < -0.4 is 0 Å². The molecule has 1 N–H and O–H groups in total. The molecule has 98 valence electrons. The van der Waals surface area contributed by atoms with Gasteiger partial charge in [0.15, 0.2) is 0 Å². The van der Waals surface area contributed by atoms with Crippen molar-refractivity contribution in [3.63, 3.8) is 0 Å². The summed E-state index contributed by atoms with van der Waals surface area (Å²) in [6.45, 7) is 2.38. The van der Waals surface area contributed by atoms with Gasteiger partial charge in [0.05, 0.1) is 4.92 Å². The van der Waals surface area contributed by atoms with Crippen molar-refractivity contribution in [1.29, 1.82) is 0 Å². The Morgan fingerprint density at radius 3 is 2.89 bits per heavy atom. The fraction of sp³-hybridized carbons (Fsp3) is 0.500. The highest BCUT2D eigenvalue weighted by Gasteiger charge is 2.22. The van der Waals surface area contributed by atoms with E-state index in [0.29, 0.717) is 6.54 Å². The van der Waals surface area contributed by atoms with Crippen molar-refractivity contribution in [1.82, 2.24) is 4.90 Å². The number of hydrogen-bond donors (Lipinski definition) is 1. The first-order valence-electron chi connectivity index (χ1n) is 5.86. The molecule has 1 atom stereocenters. The molecular formula is C12H15FN2O3. The van der Waals surface area contributed by atoms with E-state index in [1.165, 1.54) is 12.1 Å². The van der Waals surface area contributed by atoms with Crippen LogP contribution in [0.4, 0.5) is 10.1 Å². The number of rotatable bonds is 4. The van der Waals surface area contributed by atoms with Crippen LogP contribution in [-0.4, -0.2) is 34.6 Å². The molecule has 1 aliphatic heterocycles. The summed E-state index contributed by atoms with van der Waals surface area (Å²) in [5.41, 5.74) is 0.227. The standard InChI is InChI=1S/C12H15FN2O3/c13-11-5-9(1-2-12(11)15(17)18)6-14-4-3-10(7-14)8-16/h1-2,5,10,16H,3-4,6-8H2. The fourth-order valence-electron chi connectivity index (χ4n) is 2.26. The van der Waals surface area contributed by atoms with Gasteiger partial charge in [-0.05, 0) is 30.5 Å². The van der Waals surface area contributed by atoms with Gasteiger partial charge < -0.3 is 5.11 Å². The van der Waals surface area contributed by atoms with Gasteiger partial charge in [0.1, 0.15) is 0 Å². The quantitative estimate of drug-likeness (QED) is 0.654. The Bertz CT molecular complexity index is 453. The molecule has 1 aliphatic rings. The molecule has 0 amide bonds. The van der Waals surface area contributed by atoms with E-state index in [4.69, 9.17) is 5.11 Å². The summed E-state index contributed by atoms with van der Waals surface area (Å²) < 4.78 is 13.4. The third kappa shape index (κ3) is 2.83. The molecule has 1 heterocycles. The van der Waals surface area contributed by atoms with Gasteiger partial charge in [-0.3, -0.25) is 15.0 Å². The number of halogens is 1. The van der Waals surface area contributed by atoms with Crippen molar-refractivity contribution >= 4 is 5.69 Å². The number of nitro groups is 1. The average Bonchev–Trinajstić information content (AvgIpc) is 2.76. The molecule has 1 aromatic rings. The summed E-state index contributed by atoms with van der Waals surface area (Å²) in [4.78, 5) is 11.9. The van der Waals surface area contributed by atoms with Crippen LogP contribution in [0.15, 0.2) is 18.2 Å². The van der Waals surface area contributed by atoms with Crippen LogP contribution >= 0.6 is 0 Å². The molecule has 0 bridgehead atoms. The maximum Gasteiger partial charge on any atom is 0.304 e. The van der Waals surface area contributed by atoms with Gasteiger partial charge in [0.25, 0.3) is 0 Å². The molecule has 2 rings (SSSR count). The third-order valence-electron chi connectivity index (χ3n) is 3.24. The van der Waals surface area contributed by atoms with E-state index < -0.39 is 16.4 Å². The minimum atomic E-state index is -0.796. The molecule has 0 spiro atoms. The predicted octanol–water partition coefficient (Wildman–Crippen LogP) is 1.55. The first-order valence-corrected chi connectivity index (χ1v) is 5.86. The maximum absolute atomic E-state index is 13.4. The Morgan fingerprint density at radius 2 is 2.33 bits per heavy atom. The van der Waals surface area contributed by atoms with Crippen molar-refractivity contribution in [3.8, 4) is 0 Å². The lowest BCUT2D eigenvalue weighted by Gasteiger charge is -2.15. The summed E-state index contributed by atoms with van der Waals surface area (Å²) in [5, 5.41) is 19.5. The molecule has 18 heavy (non-hydrogen) atoms. The van der Waals surface area contributed by atoms with E-state index >= 15 is 0 Å². The first-order chi connectivity index (χ1) is 8.60. The minimum Gasteiger partial charge on any atom is -0.396 e. The highest BCUT2D eigenvalue weighted by atomic mass is 19.1. The van der Waals surface area contributed by atoms with E-state index in [9.17, 15) is 14.5 Å². The summed E-state index contributed by atoms with van der Waals surface area (Å²) in [6.07, 6.45) is 0.936. The molecule has 1 fully saturated rings. The second kappa shape index (κ2) is 5.41. The van der Waals surface area contributed by atoms with Gasteiger partial charge in [0.2, 0.25) is 5.82 Å². The van der Waals surface area contributed by atoms with E-state index in [-0.39, 0.29) is 12.5 Å². The zero-order valence-electron chi connectivity index (χ0n) is 9.88. The van der Waals surface area contributed by atoms with Crippen molar-refractivity contribution < 1.29 is 14.4 Å². The molecule has 1 saturated heterocycles. The first kappa shape index (κ1) is 12.9. The monoisotopic (exact) mass is 254 g/mol. The van der Waals surface area contributed by atoms with Gasteiger partial charge in [-0.15, -0.1) is 0 Å². The van der Waals surface area contributed by atoms with Crippen LogP contribution in [0, 0.1) is 21.8 Å². The number of nitrogens with zero attached hydrogens (tertiary/aromatic N) is 2. The SMILES string of the molecule is O=[N+]([O-])c1ccc(CN2CCC(CO)C2)cc1F. The van der Waals surface area contributed by atoms with Crippen LogP contribution in [0.3, 0.4) is 0 Å². The number of aliphatic hydroxyl groups is 1. The maximum atomic E-state index is 13.4. The van der Waals surface area contributed by atoms with E-state index in [0.717, 1.165) is 25.1 Å². The van der Waals surface area contributed by atoms with E-state index in [1.54, 1.807) is 6.07 Å². The van der Waals surface area contributed by atoms with Crippen LogP contribution in [0.25, 0.3) is 0 Å². The number of benzene rings is 1. The Balaban J connectivity index is 2.02. The zero-order valence-corrected chi connectivity index (χ0v) is 9.88. The zero-order chi connectivity index (χ0) is 13.1. The Hall–Kier alpha value is -1.53. The highest BCUT2D eigenvalue weighted by molar-refractivity contribution is 5.35. The number of nitro benzene ring substituents is 1. The molecule has 0 radical (unpaired) electrons. The molecular weight excluding hydrogens is 239 g/mol. The van der Waals surface area contributed by atoms with Crippen LogP contribution in [0.2, 0.25) is 0 Å². The number of likely N-dealkylation sites (tertiary alicyclic amines) is 1. The Labute approximate surface area is 104 Å². The van der Waals surface area contributed by atoms with E-state index in [2.05, 4.69) is 4.90 Å². The molecule has 0 aromatic heterocycles. The van der Waals surface area contributed by atoms with Gasteiger partial charge >= 0.3 is 5.69 Å². The topological polar surface area (TPSA) is 66.6 Å². The minimum absolute atomic E-state index is 0.172. The molecule has 6 heteroatoms.